The Bertz CT molecular complexity index is 1590. The summed E-state index contributed by atoms with van der Waals surface area (Å²) in [6.07, 6.45) is 4.62. The van der Waals surface area contributed by atoms with E-state index in [1.165, 1.54) is 16.3 Å². The first-order chi connectivity index (χ1) is 17.4. The van der Waals surface area contributed by atoms with Gasteiger partial charge in [-0.2, -0.15) is 10.1 Å². The molecule has 1 aromatic heterocycles. The average Bonchev–Trinajstić information content (AvgIpc) is 3.48. The fraction of sp³-hybridized carbons (Fsp3) is 0.222. The minimum Gasteiger partial charge on any atom is -0.335 e. The Morgan fingerprint density at radius 2 is 1.83 bits per heavy atom. The minimum atomic E-state index is -0.217. The van der Waals surface area contributed by atoms with Gasteiger partial charge in [0.25, 0.3) is 11.5 Å². The molecule has 2 aliphatic heterocycles. The van der Waals surface area contributed by atoms with Gasteiger partial charge in [-0.3, -0.25) is 14.2 Å². The Labute approximate surface area is 222 Å². The summed E-state index contributed by atoms with van der Waals surface area (Å²) in [6.45, 7) is 7.25. The molecule has 0 saturated heterocycles. The lowest BCUT2D eigenvalue weighted by atomic mass is 10.2. The Morgan fingerprint density at radius 3 is 2.56 bits per heavy atom. The van der Waals surface area contributed by atoms with Crippen molar-refractivity contribution in [2.45, 2.75) is 38.6 Å². The zero-order valence-corrected chi connectivity index (χ0v) is 22.6. The van der Waals surface area contributed by atoms with Gasteiger partial charge in [0.05, 0.1) is 32.2 Å². The summed E-state index contributed by atoms with van der Waals surface area (Å²) >= 11 is 9.22. The van der Waals surface area contributed by atoms with Gasteiger partial charge in [-0.25, -0.2) is 0 Å². The molecule has 0 fully saturated rings. The topological polar surface area (TPSA) is 57.9 Å². The first kappa shape index (κ1) is 24.6. The molecule has 0 atom stereocenters. The summed E-state index contributed by atoms with van der Waals surface area (Å²) < 4.78 is 2.95. The van der Waals surface area contributed by atoms with Crippen molar-refractivity contribution < 1.29 is 4.79 Å². The number of rotatable bonds is 5. The summed E-state index contributed by atoms with van der Waals surface area (Å²) in [4.78, 5) is 30.2. The van der Waals surface area contributed by atoms with Gasteiger partial charge >= 0.3 is 0 Å². The van der Waals surface area contributed by atoms with Crippen molar-refractivity contribution in [3.8, 4) is 0 Å². The summed E-state index contributed by atoms with van der Waals surface area (Å²) in [5.74, 6) is -0.217. The lowest BCUT2D eigenvalue weighted by Gasteiger charge is -2.17. The maximum atomic E-state index is 13.4. The Morgan fingerprint density at radius 1 is 1.06 bits per heavy atom. The molecule has 0 N–H and O–H groups in total. The lowest BCUT2D eigenvalue weighted by molar-refractivity contribution is -0.112. The summed E-state index contributed by atoms with van der Waals surface area (Å²) in [5, 5.41) is 7.65. The predicted octanol–water partition coefficient (Wildman–Crippen LogP) is 4.80. The zero-order valence-electron chi connectivity index (χ0n) is 20.2. The van der Waals surface area contributed by atoms with E-state index in [2.05, 4.69) is 16.9 Å². The number of allylic oxidation sites excluding steroid dienone is 1. The summed E-state index contributed by atoms with van der Waals surface area (Å²) in [5.41, 5.74) is 2.77. The highest BCUT2D eigenvalue weighted by Gasteiger charge is 2.31. The van der Waals surface area contributed by atoms with Crippen molar-refractivity contribution in [2.75, 3.05) is 16.5 Å². The van der Waals surface area contributed by atoms with Crippen LogP contribution in [0.3, 0.4) is 0 Å². The molecule has 0 saturated carbocycles. The van der Waals surface area contributed by atoms with Crippen LogP contribution in [0.1, 0.15) is 27.2 Å². The quantitative estimate of drug-likeness (QED) is 0.470. The van der Waals surface area contributed by atoms with Crippen molar-refractivity contribution in [1.29, 1.82) is 0 Å². The zero-order chi connectivity index (χ0) is 25.4. The maximum absolute atomic E-state index is 13.4. The number of carbonyl (C=O) groups excluding carboxylic acids is 1. The largest absolute Gasteiger partial charge is 0.335 e. The highest BCUT2D eigenvalue weighted by atomic mass is 35.5. The van der Waals surface area contributed by atoms with E-state index in [4.69, 9.17) is 11.6 Å². The van der Waals surface area contributed by atoms with Crippen LogP contribution < -0.4 is 24.7 Å². The highest BCUT2D eigenvalue weighted by Crippen LogP contribution is 2.46. The second kappa shape index (κ2) is 10.1. The van der Waals surface area contributed by atoms with Crippen LogP contribution in [0, 0.1) is 0 Å². The third kappa shape index (κ3) is 4.34. The number of halogens is 1. The Hall–Kier alpha value is -3.07. The van der Waals surface area contributed by atoms with Crippen LogP contribution in [0.15, 0.2) is 74.4 Å². The fourth-order valence-electron chi connectivity index (χ4n) is 4.31. The number of hydrazone groups is 1. The molecule has 36 heavy (non-hydrogen) atoms. The van der Waals surface area contributed by atoms with Crippen LogP contribution in [-0.2, 0) is 11.3 Å². The van der Waals surface area contributed by atoms with Crippen LogP contribution in [0.25, 0.3) is 11.6 Å². The molecule has 0 radical (unpaired) electrons. The number of hydrogen-bond donors (Lipinski definition) is 0. The van der Waals surface area contributed by atoms with Crippen molar-refractivity contribution in [2.24, 2.45) is 5.10 Å². The number of aromatic nitrogens is 1. The van der Waals surface area contributed by atoms with Crippen molar-refractivity contribution in [3.63, 3.8) is 0 Å². The van der Waals surface area contributed by atoms with Gasteiger partial charge in [0.15, 0.2) is 0 Å². The molecule has 3 aromatic rings. The first-order valence-electron chi connectivity index (χ1n) is 11.8. The van der Waals surface area contributed by atoms with Crippen molar-refractivity contribution in [3.05, 3.63) is 84.2 Å². The Balaban J connectivity index is 1.61. The highest BCUT2D eigenvalue weighted by molar-refractivity contribution is 8.03. The monoisotopic (exact) mass is 536 g/mol. The number of anilines is 2. The molecule has 2 aromatic carbocycles. The number of hydrogen-bond acceptors (Lipinski definition) is 6. The molecule has 1 amide bonds. The molecular formula is C27H25ClN4O2S2. The SMILES string of the molecule is CCCn1c(=C2C(=O)N(c3ccccc3)N=C2C)sc(=C/C=C2\Sc3ccc(Cl)cc3N2CC)c1=O. The number of fused-ring (bicyclic) bond motifs is 1. The second-order valence-electron chi connectivity index (χ2n) is 8.37. The Kier molecular flexibility index (Phi) is 6.92. The van der Waals surface area contributed by atoms with E-state index in [1.807, 2.05) is 74.5 Å². The van der Waals surface area contributed by atoms with E-state index in [-0.39, 0.29) is 11.5 Å². The molecule has 0 bridgehead atoms. The van der Waals surface area contributed by atoms with E-state index in [9.17, 15) is 9.59 Å². The van der Waals surface area contributed by atoms with Crippen LogP contribution in [0.2, 0.25) is 5.02 Å². The van der Waals surface area contributed by atoms with Crippen LogP contribution in [0.4, 0.5) is 11.4 Å². The molecule has 2 aliphatic rings. The lowest BCUT2D eigenvalue weighted by Crippen LogP contribution is -2.34. The van der Waals surface area contributed by atoms with E-state index < -0.39 is 0 Å². The van der Waals surface area contributed by atoms with Gasteiger partial charge in [-0.05, 0) is 62.8 Å². The molecule has 0 spiro atoms. The predicted molar refractivity (Wildman–Crippen MR) is 151 cm³/mol. The average molecular weight is 537 g/mol. The standard InChI is InChI=1S/C27H25ClN4O2S2/c1-4-15-31-25(33)22(13-14-23-30(5-2)20-16-18(28)11-12-21(20)35-23)36-27(31)24-17(3)29-32(26(24)34)19-9-7-6-8-10-19/h6-14,16H,4-5,15H2,1-3H3/b22-13?,23-14-,27-24?. The molecule has 0 unspecified atom stereocenters. The van der Waals surface area contributed by atoms with Gasteiger partial charge in [-0.15, -0.1) is 11.3 Å². The van der Waals surface area contributed by atoms with Crippen molar-refractivity contribution in [1.82, 2.24) is 4.57 Å². The smallest absolute Gasteiger partial charge is 0.283 e. The van der Waals surface area contributed by atoms with Crippen molar-refractivity contribution >= 4 is 69.3 Å². The van der Waals surface area contributed by atoms with Gasteiger partial charge in [-0.1, -0.05) is 48.5 Å². The number of para-hydroxylation sites is 1. The minimum absolute atomic E-state index is 0.0911. The molecule has 0 aliphatic carbocycles. The number of nitrogens with zero attached hydrogens (tertiary/aromatic N) is 4. The third-order valence-corrected chi connectivity index (χ3v) is 8.49. The number of thiazole rings is 1. The molecule has 6 nitrogen and oxygen atoms in total. The molecule has 184 valence electrons. The van der Waals surface area contributed by atoms with Crippen LogP contribution >= 0.6 is 34.7 Å². The first-order valence-corrected chi connectivity index (χ1v) is 13.8. The molecule has 9 heteroatoms. The molecule has 3 heterocycles. The number of carbonyl (C=O) groups is 1. The normalized spacial score (nSPS) is 18.4. The second-order valence-corrected chi connectivity index (χ2v) is 10.9. The number of amides is 1. The van der Waals surface area contributed by atoms with Gasteiger partial charge in [0.2, 0.25) is 0 Å². The number of benzene rings is 2. The molecular weight excluding hydrogens is 512 g/mol. The van der Waals surface area contributed by atoms with Gasteiger partial charge in [0.1, 0.15) is 4.66 Å². The van der Waals surface area contributed by atoms with Gasteiger partial charge < -0.3 is 4.90 Å². The number of thioether (sulfide) groups is 1. The van der Waals surface area contributed by atoms with E-state index >= 15 is 0 Å². The van der Waals surface area contributed by atoms with Gasteiger partial charge in [0, 0.05) is 23.0 Å². The van der Waals surface area contributed by atoms with E-state index in [0.717, 1.165) is 28.6 Å². The van der Waals surface area contributed by atoms with Crippen LogP contribution in [0.5, 0.6) is 0 Å². The fourth-order valence-corrected chi connectivity index (χ4v) is 6.75. The van der Waals surface area contributed by atoms with Crippen LogP contribution in [-0.4, -0.2) is 22.7 Å². The summed E-state index contributed by atoms with van der Waals surface area (Å²) in [6, 6.07) is 15.2. The van der Waals surface area contributed by atoms with E-state index in [0.29, 0.717) is 37.7 Å². The van der Waals surface area contributed by atoms with E-state index in [1.54, 1.807) is 16.3 Å². The maximum Gasteiger partial charge on any atom is 0.283 e. The summed E-state index contributed by atoms with van der Waals surface area (Å²) in [7, 11) is 0. The molecule has 5 rings (SSSR count). The third-order valence-electron chi connectivity index (χ3n) is 5.97.